The van der Waals surface area contributed by atoms with Crippen molar-refractivity contribution in [1.29, 1.82) is 0 Å². The first kappa shape index (κ1) is 12.0. The molecule has 1 fully saturated rings. The van der Waals surface area contributed by atoms with Crippen molar-refractivity contribution in [3.63, 3.8) is 0 Å². The summed E-state index contributed by atoms with van der Waals surface area (Å²) in [4.78, 5) is 13.4. The van der Waals surface area contributed by atoms with Crippen LogP contribution in [0.3, 0.4) is 0 Å². The van der Waals surface area contributed by atoms with Crippen molar-refractivity contribution < 1.29 is 4.79 Å². The van der Waals surface area contributed by atoms with Crippen LogP contribution in [-0.2, 0) is 6.54 Å². The number of nitrogens with two attached hydrogens (primary N) is 1. The van der Waals surface area contributed by atoms with Crippen LogP contribution in [0.2, 0.25) is 0 Å². The average Bonchev–Trinajstić information content (AvgIpc) is 2.38. The molecular weight excluding hydrogens is 212 g/mol. The SMILES string of the molecule is NC(=O)N(Cc1ccccc1)C1CCCCC1. The summed E-state index contributed by atoms with van der Waals surface area (Å²) >= 11 is 0. The van der Waals surface area contributed by atoms with Crippen LogP contribution in [0, 0.1) is 0 Å². The highest BCUT2D eigenvalue weighted by Gasteiger charge is 2.23. The van der Waals surface area contributed by atoms with Crippen molar-refractivity contribution in [1.82, 2.24) is 4.90 Å². The van der Waals surface area contributed by atoms with Crippen molar-refractivity contribution in [2.75, 3.05) is 0 Å². The number of hydrogen-bond acceptors (Lipinski definition) is 1. The molecule has 1 aromatic rings. The molecule has 1 aliphatic carbocycles. The van der Waals surface area contributed by atoms with Crippen molar-refractivity contribution in [2.24, 2.45) is 5.73 Å². The molecule has 3 heteroatoms. The van der Waals surface area contributed by atoms with Crippen LogP contribution in [-0.4, -0.2) is 17.0 Å². The average molecular weight is 232 g/mol. The molecule has 2 N–H and O–H groups in total. The predicted octanol–water partition coefficient (Wildman–Crippen LogP) is 2.90. The highest BCUT2D eigenvalue weighted by Crippen LogP contribution is 2.23. The molecule has 0 saturated heterocycles. The molecule has 0 radical (unpaired) electrons. The summed E-state index contributed by atoms with van der Waals surface area (Å²) in [6.45, 7) is 0.640. The highest BCUT2D eigenvalue weighted by molar-refractivity contribution is 5.72. The van der Waals surface area contributed by atoms with Crippen LogP contribution in [0.1, 0.15) is 37.7 Å². The van der Waals surface area contributed by atoms with Gasteiger partial charge in [0.2, 0.25) is 0 Å². The first-order valence-electron chi connectivity index (χ1n) is 6.37. The van der Waals surface area contributed by atoms with Gasteiger partial charge in [-0.25, -0.2) is 4.79 Å². The molecule has 3 nitrogen and oxygen atoms in total. The summed E-state index contributed by atoms with van der Waals surface area (Å²) in [6, 6.07) is 10.1. The van der Waals surface area contributed by atoms with E-state index in [1.807, 2.05) is 35.2 Å². The van der Waals surface area contributed by atoms with Gasteiger partial charge < -0.3 is 10.6 Å². The van der Waals surface area contributed by atoms with E-state index >= 15 is 0 Å². The lowest BCUT2D eigenvalue weighted by atomic mass is 9.94. The summed E-state index contributed by atoms with van der Waals surface area (Å²) < 4.78 is 0. The van der Waals surface area contributed by atoms with Crippen LogP contribution in [0.5, 0.6) is 0 Å². The molecular formula is C14H20N2O. The lowest BCUT2D eigenvalue weighted by Gasteiger charge is -2.33. The van der Waals surface area contributed by atoms with Crippen molar-refractivity contribution >= 4 is 6.03 Å². The van der Waals surface area contributed by atoms with E-state index in [4.69, 9.17) is 5.73 Å². The second-order valence-corrected chi connectivity index (χ2v) is 4.74. The smallest absolute Gasteiger partial charge is 0.315 e. The standard InChI is InChI=1S/C14H20N2O/c15-14(17)16(13-9-5-2-6-10-13)11-12-7-3-1-4-8-12/h1,3-4,7-8,13H,2,5-6,9-11H2,(H2,15,17). The number of carbonyl (C=O) groups excluding carboxylic acids is 1. The Labute approximate surface area is 103 Å². The van der Waals surface area contributed by atoms with Gasteiger partial charge in [-0.3, -0.25) is 0 Å². The Morgan fingerprint density at radius 2 is 1.82 bits per heavy atom. The second kappa shape index (κ2) is 5.71. The summed E-state index contributed by atoms with van der Waals surface area (Å²) in [5.74, 6) is 0. The molecule has 2 amide bonds. The van der Waals surface area contributed by atoms with E-state index in [1.54, 1.807) is 0 Å². The van der Waals surface area contributed by atoms with Gasteiger partial charge in [0.25, 0.3) is 0 Å². The molecule has 1 aliphatic rings. The van der Waals surface area contributed by atoms with Gasteiger partial charge in [0.15, 0.2) is 0 Å². The number of carbonyl (C=O) groups is 1. The molecule has 1 aromatic carbocycles. The number of primary amides is 1. The number of benzene rings is 1. The highest BCUT2D eigenvalue weighted by atomic mass is 16.2. The van der Waals surface area contributed by atoms with E-state index in [1.165, 1.54) is 19.3 Å². The number of amides is 2. The van der Waals surface area contributed by atoms with Gasteiger partial charge in [0.05, 0.1) is 0 Å². The van der Waals surface area contributed by atoms with E-state index in [9.17, 15) is 4.79 Å². The third-order valence-electron chi connectivity index (χ3n) is 3.49. The van der Waals surface area contributed by atoms with Crippen LogP contribution >= 0.6 is 0 Å². The van der Waals surface area contributed by atoms with Crippen LogP contribution < -0.4 is 5.73 Å². The van der Waals surface area contributed by atoms with Crippen LogP contribution in [0.4, 0.5) is 4.79 Å². The molecule has 0 unspecified atom stereocenters. The van der Waals surface area contributed by atoms with Crippen molar-refractivity contribution in [2.45, 2.75) is 44.7 Å². The molecule has 0 heterocycles. The first-order chi connectivity index (χ1) is 8.27. The van der Waals surface area contributed by atoms with Crippen LogP contribution in [0.25, 0.3) is 0 Å². The number of urea groups is 1. The van der Waals surface area contributed by atoms with Gasteiger partial charge in [0.1, 0.15) is 0 Å². The maximum Gasteiger partial charge on any atom is 0.315 e. The Morgan fingerprint density at radius 1 is 1.18 bits per heavy atom. The topological polar surface area (TPSA) is 46.3 Å². The summed E-state index contributed by atoms with van der Waals surface area (Å²) in [6.07, 6.45) is 5.90. The van der Waals surface area contributed by atoms with Gasteiger partial charge >= 0.3 is 6.03 Å². The molecule has 1 saturated carbocycles. The van der Waals surface area contributed by atoms with E-state index in [-0.39, 0.29) is 6.03 Å². The molecule has 0 atom stereocenters. The second-order valence-electron chi connectivity index (χ2n) is 4.74. The third kappa shape index (κ3) is 3.22. The Balaban J connectivity index is 2.04. The maximum atomic E-state index is 11.6. The third-order valence-corrected chi connectivity index (χ3v) is 3.49. The lowest BCUT2D eigenvalue weighted by Crippen LogP contribution is -2.43. The molecule has 0 bridgehead atoms. The maximum absolute atomic E-state index is 11.6. The Morgan fingerprint density at radius 3 is 2.41 bits per heavy atom. The zero-order valence-electron chi connectivity index (χ0n) is 10.1. The van der Waals surface area contributed by atoms with Gasteiger partial charge in [-0.05, 0) is 18.4 Å². The van der Waals surface area contributed by atoms with Crippen molar-refractivity contribution in [3.05, 3.63) is 35.9 Å². The minimum atomic E-state index is -0.291. The molecule has 0 spiro atoms. The fourth-order valence-corrected chi connectivity index (χ4v) is 2.56. The van der Waals surface area contributed by atoms with E-state index in [0.29, 0.717) is 12.6 Å². The lowest BCUT2D eigenvalue weighted by molar-refractivity contribution is 0.159. The Hall–Kier alpha value is -1.51. The summed E-state index contributed by atoms with van der Waals surface area (Å²) in [7, 11) is 0. The van der Waals surface area contributed by atoms with E-state index in [2.05, 4.69) is 0 Å². The Kier molecular flexibility index (Phi) is 4.02. The normalized spacial score (nSPS) is 16.7. The van der Waals surface area contributed by atoms with Gasteiger partial charge in [-0.15, -0.1) is 0 Å². The monoisotopic (exact) mass is 232 g/mol. The van der Waals surface area contributed by atoms with E-state index in [0.717, 1.165) is 18.4 Å². The predicted molar refractivity (Wildman–Crippen MR) is 68.4 cm³/mol. The minimum absolute atomic E-state index is 0.291. The molecule has 17 heavy (non-hydrogen) atoms. The Bertz CT molecular complexity index is 358. The zero-order chi connectivity index (χ0) is 12.1. The molecule has 0 aromatic heterocycles. The summed E-state index contributed by atoms with van der Waals surface area (Å²) in [5.41, 5.74) is 6.65. The van der Waals surface area contributed by atoms with E-state index < -0.39 is 0 Å². The first-order valence-corrected chi connectivity index (χ1v) is 6.37. The fraction of sp³-hybridized carbons (Fsp3) is 0.500. The quantitative estimate of drug-likeness (QED) is 0.855. The largest absolute Gasteiger partial charge is 0.351 e. The molecule has 92 valence electrons. The minimum Gasteiger partial charge on any atom is -0.351 e. The van der Waals surface area contributed by atoms with Gasteiger partial charge in [-0.2, -0.15) is 0 Å². The molecule has 2 rings (SSSR count). The van der Waals surface area contributed by atoms with Gasteiger partial charge in [-0.1, -0.05) is 49.6 Å². The van der Waals surface area contributed by atoms with Crippen molar-refractivity contribution in [3.8, 4) is 0 Å². The molecule has 0 aliphatic heterocycles. The van der Waals surface area contributed by atoms with Gasteiger partial charge in [0, 0.05) is 12.6 Å². The summed E-state index contributed by atoms with van der Waals surface area (Å²) in [5, 5.41) is 0. The van der Waals surface area contributed by atoms with Crippen LogP contribution in [0.15, 0.2) is 30.3 Å². The number of nitrogens with zero attached hydrogens (tertiary/aromatic N) is 1. The number of hydrogen-bond donors (Lipinski definition) is 1. The number of rotatable bonds is 3. The fourth-order valence-electron chi connectivity index (χ4n) is 2.56. The zero-order valence-corrected chi connectivity index (χ0v) is 10.1.